The number of amides is 2. The van der Waals surface area contributed by atoms with Crippen LogP contribution >= 0.6 is 11.3 Å². The largest absolute Gasteiger partial charge is 0.478 e. The Labute approximate surface area is 115 Å². The highest BCUT2D eigenvalue weighted by molar-refractivity contribution is 7.16. The van der Waals surface area contributed by atoms with Gasteiger partial charge in [-0.15, -0.1) is 11.3 Å². The first-order valence-corrected chi connectivity index (χ1v) is 6.40. The van der Waals surface area contributed by atoms with Crippen molar-refractivity contribution >= 4 is 34.1 Å². The van der Waals surface area contributed by atoms with Crippen molar-refractivity contribution in [2.24, 2.45) is 0 Å². The lowest BCUT2D eigenvalue weighted by atomic mass is 10.1. The summed E-state index contributed by atoms with van der Waals surface area (Å²) in [5, 5.41) is 12.0. The second-order valence-electron chi connectivity index (χ2n) is 4.22. The van der Waals surface area contributed by atoms with Crippen molar-refractivity contribution in [1.82, 2.24) is 4.90 Å². The van der Waals surface area contributed by atoms with Gasteiger partial charge >= 0.3 is 5.97 Å². The minimum Gasteiger partial charge on any atom is -0.478 e. The van der Waals surface area contributed by atoms with Crippen LogP contribution in [0.3, 0.4) is 0 Å². The number of nitrogens with zero attached hydrogens (tertiary/aromatic N) is 1. The predicted octanol–water partition coefficient (Wildman–Crippen LogP) is 1.48. The summed E-state index contributed by atoms with van der Waals surface area (Å²) in [7, 11) is 1.50. The fourth-order valence-corrected chi connectivity index (χ4v) is 2.53. The van der Waals surface area contributed by atoms with Crippen LogP contribution in [0.1, 0.15) is 27.7 Å². The minimum atomic E-state index is -1.07. The van der Waals surface area contributed by atoms with Gasteiger partial charge in [-0.25, -0.2) is 4.79 Å². The number of rotatable bonds is 4. The molecule has 7 heteroatoms. The maximum Gasteiger partial charge on any atom is 0.338 e. The van der Waals surface area contributed by atoms with E-state index in [0.29, 0.717) is 10.6 Å². The van der Waals surface area contributed by atoms with E-state index in [1.54, 1.807) is 13.8 Å². The molecule has 104 valence electrons. The maximum atomic E-state index is 11.7. The molecule has 0 saturated carbocycles. The van der Waals surface area contributed by atoms with Crippen molar-refractivity contribution in [3.05, 3.63) is 16.0 Å². The molecule has 2 N–H and O–H groups in total. The molecule has 0 fully saturated rings. The van der Waals surface area contributed by atoms with Crippen LogP contribution in [0.2, 0.25) is 0 Å². The second kappa shape index (κ2) is 5.83. The number of thiophene rings is 1. The van der Waals surface area contributed by atoms with E-state index in [2.05, 4.69) is 5.32 Å². The molecule has 0 aliphatic rings. The molecule has 0 bridgehead atoms. The number of carbonyl (C=O) groups is 3. The lowest BCUT2D eigenvalue weighted by Gasteiger charge is -2.13. The Morgan fingerprint density at radius 3 is 2.37 bits per heavy atom. The SMILES string of the molecule is CC(=O)N(C)CC(=O)Nc1sc(C)c(C)c1C(=O)O. The average Bonchev–Trinajstić information content (AvgIpc) is 2.53. The van der Waals surface area contributed by atoms with Gasteiger partial charge in [-0.05, 0) is 19.4 Å². The Bertz CT molecular complexity index is 536. The number of aryl methyl sites for hydroxylation is 1. The normalized spacial score (nSPS) is 10.1. The van der Waals surface area contributed by atoms with Crippen LogP contribution in [0, 0.1) is 13.8 Å². The van der Waals surface area contributed by atoms with Gasteiger partial charge in [0.15, 0.2) is 0 Å². The molecule has 19 heavy (non-hydrogen) atoms. The van der Waals surface area contributed by atoms with E-state index in [0.717, 1.165) is 4.88 Å². The van der Waals surface area contributed by atoms with Gasteiger partial charge in [-0.1, -0.05) is 0 Å². The third-order valence-electron chi connectivity index (χ3n) is 2.77. The van der Waals surface area contributed by atoms with Crippen molar-refractivity contribution in [2.75, 3.05) is 18.9 Å². The lowest BCUT2D eigenvalue weighted by Crippen LogP contribution is -2.33. The molecular formula is C12H16N2O4S. The molecule has 0 unspecified atom stereocenters. The van der Waals surface area contributed by atoms with Crippen LogP contribution < -0.4 is 5.32 Å². The molecule has 0 aromatic carbocycles. The Morgan fingerprint density at radius 1 is 1.32 bits per heavy atom. The number of nitrogens with one attached hydrogen (secondary N) is 1. The summed E-state index contributed by atoms with van der Waals surface area (Å²) >= 11 is 1.22. The zero-order valence-corrected chi connectivity index (χ0v) is 12.1. The number of likely N-dealkylation sites (N-methyl/N-ethyl adjacent to an activating group) is 1. The molecule has 0 saturated heterocycles. The quantitative estimate of drug-likeness (QED) is 0.876. The van der Waals surface area contributed by atoms with Crippen molar-refractivity contribution in [2.45, 2.75) is 20.8 Å². The van der Waals surface area contributed by atoms with Crippen LogP contribution in [-0.4, -0.2) is 41.4 Å². The molecule has 0 atom stereocenters. The predicted molar refractivity (Wildman–Crippen MR) is 72.7 cm³/mol. The molecule has 1 heterocycles. The van der Waals surface area contributed by atoms with Crippen LogP contribution in [0.5, 0.6) is 0 Å². The summed E-state index contributed by atoms with van der Waals surface area (Å²) in [6.07, 6.45) is 0. The number of carbonyl (C=O) groups excluding carboxylic acids is 2. The minimum absolute atomic E-state index is 0.107. The zero-order chi connectivity index (χ0) is 14.7. The van der Waals surface area contributed by atoms with Gasteiger partial charge in [0.05, 0.1) is 12.1 Å². The lowest BCUT2D eigenvalue weighted by molar-refractivity contribution is -0.131. The molecular weight excluding hydrogens is 268 g/mol. The van der Waals surface area contributed by atoms with Gasteiger partial charge < -0.3 is 15.3 Å². The van der Waals surface area contributed by atoms with Crippen LogP contribution in [0.4, 0.5) is 5.00 Å². The fraction of sp³-hybridized carbons (Fsp3) is 0.417. The topological polar surface area (TPSA) is 86.7 Å². The van der Waals surface area contributed by atoms with Gasteiger partial charge in [-0.2, -0.15) is 0 Å². The summed E-state index contributed by atoms with van der Waals surface area (Å²) in [6, 6.07) is 0. The van der Waals surface area contributed by atoms with Crippen molar-refractivity contribution < 1.29 is 19.5 Å². The van der Waals surface area contributed by atoms with E-state index in [9.17, 15) is 14.4 Å². The summed E-state index contributed by atoms with van der Waals surface area (Å²) in [6.45, 7) is 4.75. The maximum absolute atomic E-state index is 11.7. The van der Waals surface area contributed by atoms with E-state index in [1.165, 1.54) is 30.2 Å². The third-order valence-corrected chi connectivity index (χ3v) is 3.89. The molecule has 0 spiro atoms. The first-order valence-electron chi connectivity index (χ1n) is 5.58. The number of carboxylic acid groups (broad SMARTS) is 1. The number of aromatic carboxylic acids is 1. The monoisotopic (exact) mass is 284 g/mol. The van der Waals surface area contributed by atoms with Crippen molar-refractivity contribution in [1.29, 1.82) is 0 Å². The Morgan fingerprint density at radius 2 is 1.89 bits per heavy atom. The molecule has 2 amide bonds. The molecule has 1 aromatic rings. The summed E-state index contributed by atoms with van der Waals surface area (Å²) in [5.41, 5.74) is 0.758. The second-order valence-corrected chi connectivity index (χ2v) is 5.44. The van der Waals surface area contributed by atoms with Gasteiger partial charge in [0.1, 0.15) is 5.00 Å². The summed E-state index contributed by atoms with van der Waals surface area (Å²) < 4.78 is 0. The smallest absolute Gasteiger partial charge is 0.338 e. The third kappa shape index (κ3) is 3.54. The number of anilines is 1. The molecule has 1 aromatic heterocycles. The van der Waals surface area contributed by atoms with Crippen LogP contribution in [0.15, 0.2) is 0 Å². The zero-order valence-electron chi connectivity index (χ0n) is 11.2. The highest BCUT2D eigenvalue weighted by Gasteiger charge is 2.20. The standard InChI is InChI=1S/C12H16N2O4S/c1-6-7(2)19-11(10(6)12(17)18)13-9(16)5-14(4)8(3)15/h5H2,1-4H3,(H,13,16)(H,17,18). The van der Waals surface area contributed by atoms with Gasteiger partial charge in [0.25, 0.3) is 0 Å². The van der Waals surface area contributed by atoms with E-state index in [4.69, 9.17) is 5.11 Å². The van der Waals surface area contributed by atoms with Crippen molar-refractivity contribution in [3.63, 3.8) is 0 Å². The fourth-order valence-electron chi connectivity index (χ4n) is 1.47. The number of hydrogen-bond donors (Lipinski definition) is 2. The van der Waals surface area contributed by atoms with E-state index < -0.39 is 11.9 Å². The Kier molecular flexibility index (Phi) is 4.66. The highest BCUT2D eigenvalue weighted by Crippen LogP contribution is 2.32. The highest BCUT2D eigenvalue weighted by atomic mass is 32.1. The number of carboxylic acids is 1. The summed E-state index contributed by atoms with van der Waals surface area (Å²) in [5.74, 6) is -1.72. The molecule has 0 radical (unpaired) electrons. The molecule has 0 aliphatic heterocycles. The Balaban J connectivity index is 2.88. The first-order chi connectivity index (χ1) is 8.73. The van der Waals surface area contributed by atoms with E-state index >= 15 is 0 Å². The molecule has 0 aliphatic carbocycles. The van der Waals surface area contributed by atoms with Crippen LogP contribution in [0.25, 0.3) is 0 Å². The van der Waals surface area contributed by atoms with E-state index in [1.807, 2.05) is 0 Å². The van der Waals surface area contributed by atoms with Gasteiger partial charge in [0.2, 0.25) is 11.8 Å². The van der Waals surface area contributed by atoms with E-state index in [-0.39, 0.29) is 18.0 Å². The number of hydrogen-bond acceptors (Lipinski definition) is 4. The van der Waals surface area contributed by atoms with Gasteiger partial charge in [0, 0.05) is 18.8 Å². The first kappa shape index (κ1) is 15.2. The van der Waals surface area contributed by atoms with Gasteiger partial charge in [-0.3, -0.25) is 9.59 Å². The Hall–Kier alpha value is -1.89. The molecule has 6 nitrogen and oxygen atoms in total. The molecule has 1 rings (SSSR count). The van der Waals surface area contributed by atoms with Crippen molar-refractivity contribution in [3.8, 4) is 0 Å². The summed E-state index contributed by atoms with van der Waals surface area (Å²) in [4.78, 5) is 36.0. The average molecular weight is 284 g/mol. The van der Waals surface area contributed by atoms with Crippen LogP contribution in [-0.2, 0) is 9.59 Å².